The van der Waals surface area contributed by atoms with Crippen LogP contribution in [-0.2, 0) is 6.54 Å². The number of aryl methyl sites for hydroxylation is 1. The smallest absolute Gasteiger partial charge is 0.145 e. The van der Waals surface area contributed by atoms with E-state index in [9.17, 15) is 5.11 Å². The van der Waals surface area contributed by atoms with Crippen LogP contribution < -0.4 is 0 Å². The summed E-state index contributed by atoms with van der Waals surface area (Å²) >= 11 is 4.39. The lowest BCUT2D eigenvalue weighted by Crippen LogP contribution is -1.98. The molecule has 0 spiro atoms. The van der Waals surface area contributed by atoms with Gasteiger partial charge in [0.1, 0.15) is 17.1 Å². The minimum Gasteiger partial charge on any atom is -0.506 e. The van der Waals surface area contributed by atoms with Crippen molar-refractivity contribution in [2.24, 2.45) is 0 Å². The fourth-order valence-corrected chi connectivity index (χ4v) is 4.09. The van der Waals surface area contributed by atoms with E-state index in [4.69, 9.17) is 0 Å². The van der Waals surface area contributed by atoms with Gasteiger partial charge in [0.15, 0.2) is 0 Å². The number of hydrogen-bond donors (Lipinski definition) is 1. The number of phenols is 1. The average molecular weight is 491 g/mol. The topological polar surface area (TPSA) is 50.9 Å². The van der Waals surface area contributed by atoms with Gasteiger partial charge in [0.05, 0.1) is 20.8 Å². The van der Waals surface area contributed by atoms with Crippen molar-refractivity contribution < 1.29 is 5.11 Å². The summed E-state index contributed by atoms with van der Waals surface area (Å²) in [7, 11) is 0. The van der Waals surface area contributed by atoms with Gasteiger partial charge < -0.3 is 9.67 Å². The predicted molar refractivity (Wildman–Crippen MR) is 95.7 cm³/mol. The number of benzene rings is 1. The highest BCUT2D eigenvalue weighted by atomic mass is 127. The number of aromatic nitrogens is 3. The maximum Gasteiger partial charge on any atom is 0.145 e. The van der Waals surface area contributed by atoms with Crippen LogP contribution in [0.2, 0.25) is 0 Å². The number of nitrogens with zero attached hydrogens (tertiary/aromatic N) is 3. The molecule has 0 aliphatic rings. The number of pyridine rings is 1. The van der Waals surface area contributed by atoms with Crippen molar-refractivity contribution in [3.8, 4) is 17.1 Å². The van der Waals surface area contributed by atoms with Gasteiger partial charge in [0, 0.05) is 16.3 Å². The molecule has 0 amide bonds. The molecule has 2 aromatic heterocycles. The molecule has 3 aromatic rings. The quantitative estimate of drug-likeness (QED) is 0.552. The van der Waals surface area contributed by atoms with E-state index in [1.165, 1.54) is 0 Å². The Morgan fingerprint density at radius 1 is 1.30 bits per heavy atom. The molecule has 102 valence electrons. The van der Waals surface area contributed by atoms with Crippen LogP contribution in [0.4, 0.5) is 0 Å². The van der Waals surface area contributed by atoms with Gasteiger partial charge in [0.25, 0.3) is 0 Å². The van der Waals surface area contributed by atoms with Crippen LogP contribution in [0, 0.1) is 7.14 Å². The summed E-state index contributed by atoms with van der Waals surface area (Å²) in [5.74, 6) is 1.06. The molecule has 0 bridgehead atoms. The number of fused-ring (bicyclic) bond motifs is 1. The van der Waals surface area contributed by atoms with E-state index in [-0.39, 0.29) is 5.75 Å². The molecule has 0 aliphatic carbocycles. The predicted octanol–water partition coefficient (Wildman–Crippen LogP) is 4.03. The Morgan fingerprint density at radius 2 is 2.10 bits per heavy atom. The Labute approximate surface area is 143 Å². The Morgan fingerprint density at radius 3 is 2.85 bits per heavy atom. The lowest BCUT2D eigenvalue weighted by atomic mass is 10.2. The summed E-state index contributed by atoms with van der Waals surface area (Å²) in [5.41, 5.74) is 2.64. The highest BCUT2D eigenvalue weighted by Crippen LogP contribution is 2.35. The van der Waals surface area contributed by atoms with Gasteiger partial charge in [-0.15, -0.1) is 0 Å². The van der Waals surface area contributed by atoms with Gasteiger partial charge in [-0.3, -0.25) is 4.98 Å². The molecule has 3 rings (SSSR count). The normalized spacial score (nSPS) is 11.2. The summed E-state index contributed by atoms with van der Waals surface area (Å²) in [5, 5.41) is 10.3. The average Bonchev–Trinajstić information content (AvgIpc) is 2.81. The monoisotopic (exact) mass is 491 g/mol. The van der Waals surface area contributed by atoms with Gasteiger partial charge in [-0.05, 0) is 70.3 Å². The molecule has 4 nitrogen and oxygen atoms in total. The molecule has 2 heterocycles. The number of halogens is 2. The number of hydrogen-bond acceptors (Lipinski definition) is 3. The SMILES string of the molecule is CCn1c(-c2cc(I)cc(I)c2O)nc2cnccc21. The van der Waals surface area contributed by atoms with Gasteiger partial charge in [-0.25, -0.2) is 4.98 Å². The van der Waals surface area contributed by atoms with Crippen molar-refractivity contribution in [3.63, 3.8) is 0 Å². The standard InChI is InChI=1S/C14H11I2N3O/c1-2-19-12-3-4-17-7-11(12)18-14(19)9-5-8(15)6-10(16)13(9)20/h3-7,20H,2H2,1H3. The van der Waals surface area contributed by atoms with Crippen molar-refractivity contribution in [1.82, 2.24) is 14.5 Å². The molecule has 0 unspecified atom stereocenters. The Balaban J connectivity index is 2.35. The van der Waals surface area contributed by atoms with Crippen LogP contribution in [0.1, 0.15) is 6.92 Å². The van der Waals surface area contributed by atoms with Gasteiger partial charge >= 0.3 is 0 Å². The third kappa shape index (κ3) is 2.28. The third-order valence-corrected chi connectivity index (χ3v) is 4.58. The second-order valence-electron chi connectivity index (χ2n) is 4.33. The van der Waals surface area contributed by atoms with Crippen LogP contribution in [0.15, 0.2) is 30.6 Å². The summed E-state index contributed by atoms with van der Waals surface area (Å²) < 4.78 is 4.00. The van der Waals surface area contributed by atoms with E-state index < -0.39 is 0 Å². The van der Waals surface area contributed by atoms with Crippen LogP contribution >= 0.6 is 45.2 Å². The third-order valence-electron chi connectivity index (χ3n) is 3.14. The maximum absolute atomic E-state index is 10.3. The molecule has 1 N–H and O–H groups in total. The molecule has 0 aliphatic heterocycles. The molecule has 20 heavy (non-hydrogen) atoms. The second kappa shape index (κ2) is 5.47. The number of rotatable bonds is 2. The maximum atomic E-state index is 10.3. The fraction of sp³-hybridized carbons (Fsp3) is 0.143. The van der Waals surface area contributed by atoms with E-state index in [1.54, 1.807) is 12.4 Å². The minimum absolute atomic E-state index is 0.281. The molecular formula is C14H11I2N3O. The fourth-order valence-electron chi connectivity index (χ4n) is 2.24. The van der Waals surface area contributed by atoms with Crippen LogP contribution in [-0.4, -0.2) is 19.6 Å². The first-order valence-corrected chi connectivity index (χ1v) is 8.26. The first-order valence-electron chi connectivity index (χ1n) is 6.10. The summed E-state index contributed by atoms with van der Waals surface area (Å²) in [6.07, 6.45) is 3.51. The summed E-state index contributed by atoms with van der Waals surface area (Å²) in [4.78, 5) is 8.74. The Kier molecular flexibility index (Phi) is 3.85. The molecule has 0 atom stereocenters. The van der Waals surface area contributed by atoms with E-state index in [2.05, 4.69) is 66.6 Å². The van der Waals surface area contributed by atoms with Crippen molar-refractivity contribution in [1.29, 1.82) is 0 Å². The van der Waals surface area contributed by atoms with E-state index in [0.29, 0.717) is 0 Å². The molecule has 6 heteroatoms. The highest BCUT2D eigenvalue weighted by Gasteiger charge is 2.17. The Hall–Kier alpha value is -0.900. The highest BCUT2D eigenvalue weighted by molar-refractivity contribution is 14.1. The minimum atomic E-state index is 0.281. The van der Waals surface area contributed by atoms with Crippen LogP contribution in [0.5, 0.6) is 5.75 Å². The molecule has 0 saturated carbocycles. The lowest BCUT2D eigenvalue weighted by Gasteiger charge is -2.09. The lowest BCUT2D eigenvalue weighted by molar-refractivity contribution is 0.472. The first kappa shape index (κ1) is 14.1. The summed E-state index contributed by atoms with van der Waals surface area (Å²) in [6, 6.07) is 5.85. The van der Waals surface area contributed by atoms with Gasteiger partial charge in [-0.1, -0.05) is 0 Å². The number of aromatic hydroxyl groups is 1. The Bertz CT molecular complexity index is 798. The van der Waals surface area contributed by atoms with Crippen molar-refractivity contribution in [2.45, 2.75) is 13.5 Å². The second-order valence-corrected chi connectivity index (χ2v) is 6.74. The van der Waals surface area contributed by atoms with E-state index in [1.807, 2.05) is 18.2 Å². The van der Waals surface area contributed by atoms with Gasteiger partial charge in [-0.2, -0.15) is 0 Å². The van der Waals surface area contributed by atoms with Crippen molar-refractivity contribution >= 4 is 56.2 Å². The zero-order valence-electron chi connectivity index (χ0n) is 10.6. The summed E-state index contributed by atoms with van der Waals surface area (Å²) in [6.45, 7) is 2.86. The molecular weight excluding hydrogens is 480 g/mol. The number of phenolic OH excluding ortho intramolecular Hbond substituents is 1. The van der Waals surface area contributed by atoms with Crippen LogP contribution in [0.25, 0.3) is 22.4 Å². The molecule has 1 aromatic carbocycles. The van der Waals surface area contributed by atoms with E-state index in [0.717, 1.165) is 36.1 Å². The molecule has 0 radical (unpaired) electrons. The van der Waals surface area contributed by atoms with E-state index >= 15 is 0 Å². The van der Waals surface area contributed by atoms with Gasteiger partial charge in [0.2, 0.25) is 0 Å². The van der Waals surface area contributed by atoms with Crippen molar-refractivity contribution in [2.75, 3.05) is 0 Å². The van der Waals surface area contributed by atoms with Crippen LogP contribution in [0.3, 0.4) is 0 Å². The molecule has 0 fully saturated rings. The number of imidazole rings is 1. The molecule has 0 saturated heterocycles. The first-order chi connectivity index (χ1) is 9.61. The largest absolute Gasteiger partial charge is 0.506 e. The zero-order valence-corrected chi connectivity index (χ0v) is 15.0. The van der Waals surface area contributed by atoms with Crippen molar-refractivity contribution in [3.05, 3.63) is 37.7 Å². The zero-order chi connectivity index (χ0) is 14.3.